The number of alkyl halides is 3. The molecule has 0 saturated carbocycles. The number of nitrogens with one attached hydrogen (secondary N) is 1. The number of anilines is 1. The number of hydrogen-bond acceptors (Lipinski definition) is 4. The van der Waals surface area contributed by atoms with Crippen LogP contribution in [0.2, 0.25) is 0 Å². The Morgan fingerprint density at radius 1 is 1.28 bits per heavy atom. The van der Waals surface area contributed by atoms with E-state index < -0.39 is 29.9 Å². The van der Waals surface area contributed by atoms with Crippen molar-refractivity contribution in [1.29, 1.82) is 0 Å². The molecule has 4 nitrogen and oxygen atoms in total. The largest absolute Gasteiger partial charge is 0.464 e. The van der Waals surface area contributed by atoms with Crippen LogP contribution in [0.1, 0.15) is 43.4 Å². The monoisotopic (exact) mass is 407 g/mol. The number of carbonyl (C=O) groups is 1. The number of benzene rings is 1. The molecule has 7 heteroatoms. The van der Waals surface area contributed by atoms with Gasteiger partial charge < -0.3 is 14.8 Å². The van der Waals surface area contributed by atoms with Crippen LogP contribution in [0.25, 0.3) is 0 Å². The van der Waals surface area contributed by atoms with Gasteiger partial charge in [-0.25, -0.2) is 4.79 Å². The third kappa shape index (κ3) is 3.92. The summed E-state index contributed by atoms with van der Waals surface area (Å²) in [5.74, 6) is -0.265. The SMILES string of the molecule is CCOC(=O)[C@H]1CC[C@@H]2[C@H](O1)c1cc(C(F)(F)F)ccc1N[C@H]2C1C=CC=CC1. The molecule has 1 unspecified atom stereocenters. The Bertz CT molecular complexity index is 833. The van der Waals surface area contributed by atoms with E-state index in [0.717, 1.165) is 18.6 Å². The van der Waals surface area contributed by atoms with E-state index in [1.165, 1.54) is 6.07 Å². The number of hydrogen-bond donors (Lipinski definition) is 1. The fraction of sp³-hybridized carbons (Fsp3) is 0.500. The molecule has 1 aliphatic carbocycles. The number of carbonyl (C=O) groups excluding carboxylic acids is 1. The first-order valence-electron chi connectivity index (χ1n) is 10.0. The quantitative estimate of drug-likeness (QED) is 0.714. The molecule has 3 aliphatic rings. The molecule has 0 spiro atoms. The summed E-state index contributed by atoms with van der Waals surface area (Å²) in [6.07, 6.45) is 4.47. The maximum absolute atomic E-state index is 13.3. The molecule has 1 N–H and O–H groups in total. The highest BCUT2D eigenvalue weighted by Crippen LogP contribution is 2.49. The van der Waals surface area contributed by atoms with Gasteiger partial charge in [-0.05, 0) is 44.4 Å². The molecule has 0 radical (unpaired) electrons. The Balaban J connectivity index is 1.70. The average Bonchev–Trinajstić information content (AvgIpc) is 2.72. The number of allylic oxidation sites excluding steroid dienone is 3. The molecule has 156 valence electrons. The summed E-state index contributed by atoms with van der Waals surface area (Å²) in [5, 5.41) is 3.47. The second-order valence-corrected chi connectivity index (χ2v) is 7.72. The first-order chi connectivity index (χ1) is 13.9. The van der Waals surface area contributed by atoms with Gasteiger partial charge in [-0.1, -0.05) is 24.3 Å². The molecule has 2 heterocycles. The summed E-state index contributed by atoms with van der Waals surface area (Å²) in [7, 11) is 0. The van der Waals surface area contributed by atoms with E-state index in [2.05, 4.69) is 17.5 Å². The van der Waals surface area contributed by atoms with E-state index in [4.69, 9.17) is 9.47 Å². The van der Waals surface area contributed by atoms with Crippen LogP contribution < -0.4 is 5.32 Å². The zero-order valence-corrected chi connectivity index (χ0v) is 16.1. The molecule has 1 saturated heterocycles. The van der Waals surface area contributed by atoms with Gasteiger partial charge in [0.25, 0.3) is 0 Å². The molecule has 29 heavy (non-hydrogen) atoms. The van der Waals surface area contributed by atoms with E-state index >= 15 is 0 Å². The molecular formula is C22H24F3NO3. The minimum Gasteiger partial charge on any atom is -0.464 e. The average molecular weight is 407 g/mol. The van der Waals surface area contributed by atoms with Crippen molar-refractivity contribution in [1.82, 2.24) is 0 Å². The molecule has 5 atom stereocenters. The van der Waals surface area contributed by atoms with Crippen molar-refractivity contribution in [2.45, 2.75) is 50.6 Å². The van der Waals surface area contributed by atoms with Gasteiger partial charge in [0.1, 0.15) is 0 Å². The van der Waals surface area contributed by atoms with Crippen molar-refractivity contribution in [3.8, 4) is 0 Å². The molecular weight excluding hydrogens is 383 g/mol. The molecule has 0 bridgehead atoms. The van der Waals surface area contributed by atoms with E-state index in [1.54, 1.807) is 6.92 Å². The van der Waals surface area contributed by atoms with Gasteiger partial charge in [0, 0.05) is 29.1 Å². The maximum Gasteiger partial charge on any atom is 0.416 e. The summed E-state index contributed by atoms with van der Waals surface area (Å²) in [6, 6.07) is 3.74. The Morgan fingerprint density at radius 3 is 2.79 bits per heavy atom. The van der Waals surface area contributed by atoms with Crippen molar-refractivity contribution in [2.24, 2.45) is 11.8 Å². The third-order valence-corrected chi connectivity index (χ3v) is 5.96. The molecule has 1 fully saturated rings. The van der Waals surface area contributed by atoms with E-state index in [1.807, 2.05) is 12.2 Å². The van der Waals surface area contributed by atoms with E-state index in [-0.39, 0.29) is 24.5 Å². The van der Waals surface area contributed by atoms with Crippen molar-refractivity contribution in [3.05, 3.63) is 53.6 Å². The maximum atomic E-state index is 13.3. The minimum atomic E-state index is -4.44. The summed E-state index contributed by atoms with van der Waals surface area (Å²) in [6.45, 7) is 1.96. The van der Waals surface area contributed by atoms with Crippen LogP contribution in [0.3, 0.4) is 0 Å². The number of fused-ring (bicyclic) bond motifs is 3. The lowest BCUT2D eigenvalue weighted by Crippen LogP contribution is -2.48. The molecule has 1 aromatic carbocycles. The topological polar surface area (TPSA) is 47.6 Å². The Kier molecular flexibility index (Phi) is 5.42. The highest BCUT2D eigenvalue weighted by molar-refractivity contribution is 5.75. The zero-order chi connectivity index (χ0) is 20.6. The third-order valence-electron chi connectivity index (χ3n) is 5.96. The second-order valence-electron chi connectivity index (χ2n) is 7.72. The smallest absolute Gasteiger partial charge is 0.416 e. The normalized spacial score (nSPS) is 30.8. The summed E-state index contributed by atoms with van der Waals surface area (Å²) >= 11 is 0. The van der Waals surface area contributed by atoms with Crippen molar-refractivity contribution >= 4 is 11.7 Å². The van der Waals surface area contributed by atoms with Crippen LogP contribution in [-0.4, -0.2) is 24.7 Å². The van der Waals surface area contributed by atoms with Crippen molar-refractivity contribution in [3.63, 3.8) is 0 Å². The van der Waals surface area contributed by atoms with Gasteiger partial charge in [-0.3, -0.25) is 0 Å². The Morgan fingerprint density at radius 2 is 2.10 bits per heavy atom. The summed E-state index contributed by atoms with van der Waals surface area (Å²) < 4.78 is 51.1. The molecule has 1 aromatic rings. The first kappa shape index (κ1) is 20.0. The molecule has 0 amide bonds. The lowest BCUT2D eigenvalue weighted by Gasteiger charge is -2.47. The van der Waals surface area contributed by atoms with Gasteiger partial charge in [0.15, 0.2) is 6.10 Å². The number of rotatable bonds is 3. The lowest BCUT2D eigenvalue weighted by atomic mass is 9.73. The van der Waals surface area contributed by atoms with Crippen LogP contribution in [0, 0.1) is 11.8 Å². The Hall–Kier alpha value is -2.28. The van der Waals surface area contributed by atoms with Crippen LogP contribution in [0.4, 0.5) is 18.9 Å². The summed E-state index contributed by atoms with van der Waals surface area (Å²) in [4.78, 5) is 12.2. The van der Waals surface area contributed by atoms with Gasteiger partial charge in [-0.2, -0.15) is 13.2 Å². The minimum absolute atomic E-state index is 0.0218. The van der Waals surface area contributed by atoms with Gasteiger partial charge in [0.2, 0.25) is 0 Å². The molecule has 0 aromatic heterocycles. The number of ether oxygens (including phenoxy) is 2. The first-order valence-corrected chi connectivity index (χ1v) is 10.0. The summed E-state index contributed by atoms with van der Waals surface area (Å²) in [5.41, 5.74) is 0.389. The van der Waals surface area contributed by atoms with Crippen molar-refractivity contribution < 1.29 is 27.4 Å². The number of halogens is 3. The van der Waals surface area contributed by atoms with Crippen LogP contribution in [-0.2, 0) is 20.4 Å². The Labute approximate surface area is 167 Å². The standard InChI is InChI=1S/C22H24F3NO3/c1-2-28-21(27)18-11-9-15-19(13-6-4-3-5-7-13)26-17-10-8-14(22(23,24)25)12-16(17)20(15)29-18/h3-6,8,10,12-13,15,18-20,26H,2,7,9,11H2,1H3/t13?,15-,18+,19-,20-/m0/s1. The van der Waals surface area contributed by atoms with E-state index in [0.29, 0.717) is 24.1 Å². The van der Waals surface area contributed by atoms with E-state index in [9.17, 15) is 18.0 Å². The molecule has 4 rings (SSSR count). The lowest BCUT2D eigenvalue weighted by molar-refractivity contribution is -0.172. The second kappa shape index (κ2) is 7.86. The number of esters is 1. The van der Waals surface area contributed by atoms with Crippen LogP contribution >= 0.6 is 0 Å². The fourth-order valence-electron chi connectivity index (χ4n) is 4.60. The predicted molar refractivity (Wildman–Crippen MR) is 102 cm³/mol. The van der Waals surface area contributed by atoms with Gasteiger partial charge >= 0.3 is 12.1 Å². The molecule has 2 aliphatic heterocycles. The van der Waals surface area contributed by atoms with Crippen molar-refractivity contribution in [2.75, 3.05) is 11.9 Å². The zero-order valence-electron chi connectivity index (χ0n) is 16.1. The van der Waals surface area contributed by atoms with Gasteiger partial charge in [-0.15, -0.1) is 0 Å². The highest BCUT2D eigenvalue weighted by atomic mass is 19.4. The highest BCUT2D eigenvalue weighted by Gasteiger charge is 2.46. The van der Waals surface area contributed by atoms with Gasteiger partial charge in [0.05, 0.1) is 18.3 Å². The van der Waals surface area contributed by atoms with Crippen LogP contribution in [0.5, 0.6) is 0 Å². The fourth-order valence-corrected chi connectivity index (χ4v) is 4.60. The predicted octanol–water partition coefficient (Wildman–Crippen LogP) is 5.03. The van der Waals surface area contributed by atoms with Crippen LogP contribution in [0.15, 0.2) is 42.5 Å².